The molecular formula is C21H27F3N6O4S2. The Kier molecular flexibility index (Phi) is 8.23. The van der Waals surface area contributed by atoms with E-state index >= 15 is 0 Å². The summed E-state index contributed by atoms with van der Waals surface area (Å²) in [6.45, 7) is 8.55. The van der Waals surface area contributed by atoms with Crippen LogP contribution < -0.4 is 9.62 Å². The number of nitrogens with one attached hydrogen (secondary N) is 1. The van der Waals surface area contributed by atoms with Gasteiger partial charge in [0.15, 0.2) is 5.75 Å². The van der Waals surface area contributed by atoms with E-state index in [2.05, 4.69) is 25.3 Å². The van der Waals surface area contributed by atoms with Crippen LogP contribution in [0, 0.1) is 0 Å². The largest absolute Gasteiger partial charge is 0.455 e. The van der Waals surface area contributed by atoms with Gasteiger partial charge in [-0.15, -0.1) is 20.4 Å². The molecule has 0 unspecified atom stereocenters. The number of hydrogen-bond donors (Lipinski definition) is 1. The van der Waals surface area contributed by atoms with Crippen LogP contribution in [0.5, 0.6) is 0 Å². The van der Waals surface area contributed by atoms with E-state index in [1.165, 1.54) is 6.07 Å². The van der Waals surface area contributed by atoms with Gasteiger partial charge in [0.05, 0.1) is 5.69 Å². The standard InChI is InChI=1S/C21H27F3N6O4S2/c1-5-8-30-9-6-7-13-10-14(15(11-16(13)30)29-36(32,33)12-21(22,23)24)25-27-19-28-26-17(35-19)18(31)34-20(2,3)4/h10-11,29H,5-9,12H2,1-4H3. The first-order valence-corrected chi connectivity index (χ1v) is 13.6. The summed E-state index contributed by atoms with van der Waals surface area (Å²) in [7, 11) is -4.76. The Morgan fingerprint density at radius 2 is 1.94 bits per heavy atom. The third kappa shape index (κ3) is 7.85. The van der Waals surface area contributed by atoms with Gasteiger partial charge < -0.3 is 9.64 Å². The molecule has 0 aliphatic carbocycles. The van der Waals surface area contributed by atoms with Gasteiger partial charge in [-0.25, -0.2) is 13.2 Å². The molecule has 0 spiro atoms. The molecule has 198 valence electrons. The van der Waals surface area contributed by atoms with E-state index in [0.717, 1.165) is 42.0 Å². The lowest BCUT2D eigenvalue weighted by molar-refractivity contribution is -0.106. The van der Waals surface area contributed by atoms with Gasteiger partial charge in [0.25, 0.3) is 5.13 Å². The van der Waals surface area contributed by atoms with Gasteiger partial charge in [-0.3, -0.25) is 4.72 Å². The molecule has 1 N–H and O–H groups in total. The molecular weight excluding hydrogens is 521 g/mol. The molecule has 10 nitrogen and oxygen atoms in total. The second-order valence-corrected chi connectivity index (χ2v) is 11.8. The monoisotopic (exact) mass is 548 g/mol. The molecule has 15 heteroatoms. The molecule has 3 rings (SSSR count). The number of rotatable bonds is 8. The molecule has 0 saturated carbocycles. The van der Waals surface area contributed by atoms with E-state index in [9.17, 15) is 26.4 Å². The number of esters is 1. The van der Waals surface area contributed by atoms with E-state index in [-0.39, 0.29) is 21.5 Å². The van der Waals surface area contributed by atoms with Crippen molar-refractivity contribution in [2.75, 3.05) is 28.5 Å². The quantitative estimate of drug-likeness (QED) is 0.347. The number of halogens is 3. The molecule has 0 saturated heterocycles. The van der Waals surface area contributed by atoms with Gasteiger partial charge in [0.1, 0.15) is 11.3 Å². The van der Waals surface area contributed by atoms with Crippen molar-refractivity contribution in [2.24, 2.45) is 10.2 Å². The van der Waals surface area contributed by atoms with Crippen LogP contribution in [0.2, 0.25) is 0 Å². The molecule has 0 atom stereocenters. The molecule has 1 aliphatic rings. The molecule has 0 bridgehead atoms. The fourth-order valence-corrected chi connectivity index (χ4v) is 5.08. The third-order valence-electron chi connectivity index (χ3n) is 4.76. The summed E-state index contributed by atoms with van der Waals surface area (Å²) in [5, 5.41) is 15.4. The van der Waals surface area contributed by atoms with Gasteiger partial charge >= 0.3 is 12.1 Å². The minimum atomic E-state index is -4.92. The van der Waals surface area contributed by atoms with Gasteiger partial charge in [-0.05, 0) is 57.7 Å². The van der Waals surface area contributed by atoms with Crippen LogP contribution in [0.15, 0.2) is 22.4 Å². The minimum absolute atomic E-state index is 0.00899. The highest BCUT2D eigenvalue weighted by atomic mass is 32.2. The number of anilines is 2. The minimum Gasteiger partial charge on any atom is -0.455 e. The van der Waals surface area contributed by atoms with Crippen LogP contribution >= 0.6 is 11.3 Å². The second-order valence-electron chi connectivity index (χ2n) is 9.16. The number of aromatic nitrogens is 2. The number of aryl methyl sites for hydroxylation is 1. The first-order valence-electron chi connectivity index (χ1n) is 11.1. The SMILES string of the molecule is CCCN1CCCc2cc(N=Nc3nnc(C(=O)OC(C)(C)C)s3)c(NS(=O)(=O)CC(F)(F)F)cc21. The Bertz CT molecular complexity index is 1240. The normalized spacial score (nSPS) is 14.7. The maximum atomic E-state index is 12.8. The first kappa shape index (κ1) is 27.8. The third-order valence-corrected chi connectivity index (χ3v) is 6.78. The smallest absolute Gasteiger partial charge is 0.404 e. The van der Waals surface area contributed by atoms with E-state index in [1.54, 1.807) is 26.8 Å². The maximum Gasteiger partial charge on any atom is 0.404 e. The number of hydrogen-bond acceptors (Lipinski definition) is 10. The molecule has 1 aromatic carbocycles. The second kappa shape index (κ2) is 10.7. The van der Waals surface area contributed by atoms with Crippen molar-refractivity contribution in [2.45, 2.75) is 58.7 Å². The molecule has 0 amide bonds. The topological polar surface area (TPSA) is 126 Å². The Hall–Kier alpha value is -2.81. The zero-order valence-corrected chi connectivity index (χ0v) is 21.8. The van der Waals surface area contributed by atoms with Gasteiger partial charge in [0.2, 0.25) is 15.0 Å². The van der Waals surface area contributed by atoms with Crippen LogP contribution in [-0.4, -0.2) is 55.2 Å². The first-order chi connectivity index (χ1) is 16.7. The summed E-state index contributed by atoms with van der Waals surface area (Å²) in [4.78, 5) is 14.2. The van der Waals surface area contributed by atoms with Crippen molar-refractivity contribution < 1.29 is 31.1 Å². The van der Waals surface area contributed by atoms with Crippen molar-refractivity contribution in [3.8, 4) is 0 Å². The number of benzene rings is 1. The Labute approximate surface area is 211 Å². The van der Waals surface area contributed by atoms with Crippen molar-refractivity contribution in [1.29, 1.82) is 0 Å². The summed E-state index contributed by atoms with van der Waals surface area (Å²) < 4.78 is 70.1. The summed E-state index contributed by atoms with van der Waals surface area (Å²) in [5.41, 5.74) is 0.749. The van der Waals surface area contributed by atoms with Gasteiger partial charge in [-0.2, -0.15) is 13.2 Å². The summed E-state index contributed by atoms with van der Waals surface area (Å²) in [5.74, 6) is -2.73. The highest BCUT2D eigenvalue weighted by Gasteiger charge is 2.35. The molecule has 2 aromatic rings. The molecule has 36 heavy (non-hydrogen) atoms. The van der Waals surface area contributed by atoms with Crippen LogP contribution in [0.4, 0.5) is 35.4 Å². The number of carbonyl (C=O) groups excluding carboxylic acids is 1. The highest BCUT2D eigenvalue weighted by molar-refractivity contribution is 7.92. The highest BCUT2D eigenvalue weighted by Crippen LogP contribution is 2.38. The Balaban J connectivity index is 1.96. The average molecular weight is 549 g/mol. The maximum absolute atomic E-state index is 12.8. The summed E-state index contributed by atoms with van der Waals surface area (Å²) in [6.07, 6.45) is -2.53. The molecule has 1 aromatic heterocycles. The molecule has 0 fully saturated rings. The van der Waals surface area contributed by atoms with Crippen molar-refractivity contribution in [3.05, 3.63) is 22.7 Å². The predicted molar refractivity (Wildman–Crippen MR) is 130 cm³/mol. The van der Waals surface area contributed by atoms with Gasteiger partial charge in [0, 0.05) is 18.8 Å². The van der Waals surface area contributed by atoms with Crippen LogP contribution in [0.3, 0.4) is 0 Å². The van der Waals surface area contributed by atoms with Crippen molar-refractivity contribution in [3.63, 3.8) is 0 Å². The number of ether oxygens (including phenoxy) is 1. The average Bonchev–Trinajstić information content (AvgIpc) is 3.19. The number of alkyl halides is 3. The fraction of sp³-hybridized carbons (Fsp3) is 0.571. The van der Waals surface area contributed by atoms with E-state index < -0.39 is 33.5 Å². The van der Waals surface area contributed by atoms with Crippen molar-refractivity contribution >= 4 is 49.5 Å². The number of sulfonamides is 1. The lowest BCUT2D eigenvalue weighted by Gasteiger charge is -2.32. The summed E-state index contributed by atoms with van der Waals surface area (Å²) >= 11 is 0.811. The molecule has 0 radical (unpaired) electrons. The zero-order valence-electron chi connectivity index (χ0n) is 20.2. The molecule has 1 aliphatic heterocycles. The van der Waals surface area contributed by atoms with Gasteiger partial charge in [-0.1, -0.05) is 18.3 Å². The predicted octanol–water partition coefficient (Wildman–Crippen LogP) is 5.38. The van der Waals surface area contributed by atoms with Crippen molar-refractivity contribution in [1.82, 2.24) is 10.2 Å². The fourth-order valence-electron chi connectivity index (χ4n) is 3.54. The number of fused-ring (bicyclic) bond motifs is 1. The van der Waals surface area contributed by atoms with Crippen LogP contribution in [-0.2, 0) is 21.2 Å². The van der Waals surface area contributed by atoms with E-state index in [4.69, 9.17) is 4.74 Å². The zero-order chi connectivity index (χ0) is 26.7. The van der Waals surface area contributed by atoms with E-state index in [0.29, 0.717) is 13.0 Å². The lowest BCUT2D eigenvalue weighted by Crippen LogP contribution is -2.31. The molecule has 2 heterocycles. The summed E-state index contributed by atoms with van der Waals surface area (Å²) in [6, 6.07) is 3.08. The number of carbonyl (C=O) groups is 1. The number of azo groups is 1. The van der Waals surface area contributed by atoms with E-state index in [1.807, 2.05) is 11.6 Å². The Morgan fingerprint density at radius 1 is 1.22 bits per heavy atom. The number of nitrogens with zero attached hydrogens (tertiary/aromatic N) is 5. The lowest BCUT2D eigenvalue weighted by atomic mass is 10.00. The van der Waals surface area contributed by atoms with Crippen LogP contribution in [0.25, 0.3) is 0 Å². The Morgan fingerprint density at radius 3 is 2.58 bits per heavy atom. The van der Waals surface area contributed by atoms with Crippen LogP contribution in [0.1, 0.15) is 55.9 Å².